The molecule has 0 aliphatic heterocycles. The minimum Gasteiger partial charge on any atom is -0.404 e. The van der Waals surface area contributed by atoms with E-state index in [1.54, 1.807) is 12.1 Å². The van der Waals surface area contributed by atoms with E-state index in [4.69, 9.17) is 9.79 Å². The molecule has 0 aliphatic carbocycles. The van der Waals surface area contributed by atoms with E-state index in [0.29, 0.717) is 0 Å². The maximum Gasteiger partial charge on any atom is 0.524 e. The smallest absolute Gasteiger partial charge is 0.404 e. The van der Waals surface area contributed by atoms with Crippen molar-refractivity contribution in [3.05, 3.63) is 29.8 Å². The SMILES string of the molecule is CCCCCCC(C)(CCCCC)c1ccc(OP(=O)(O)O)cc1. The topological polar surface area (TPSA) is 66.8 Å². The molecule has 0 amide bonds. The van der Waals surface area contributed by atoms with E-state index in [0.717, 1.165) is 12.8 Å². The van der Waals surface area contributed by atoms with Gasteiger partial charge in [0.25, 0.3) is 0 Å². The molecule has 0 heterocycles. The first kappa shape index (κ1) is 21.2. The molecular weight excluding hydrogens is 323 g/mol. The maximum atomic E-state index is 10.9. The number of benzene rings is 1. The van der Waals surface area contributed by atoms with Crippen molar-refractivity contribution in [3.8, 4) is 5.75 Å². The number of phosphoric ester groups is 1. The second-order valence-corrected chi connectivity index (χ2v) is 8.10. The van der Waals surface area contributed by atoms with Gasteiger partial charge < -0.3 is 4.52 Å². The molecule has 5 heteroatoms. The Labute approximate surface area is 146 Å². The van der Waals surface area contributed by atoms with Crippen molar-refractivity contribution in [2.24, 2.45) is 0 Å². The third-order valence-electron chi connectivity index (χ3n) is 4.69. The fourth-order valence-corrected chi connectivity index (χ4v) is 3.57. The van der Waals surface area contributed by atoms with Crippen LogP contribution in [0.25, 0.3) is 0 Å². The molecule has 1 atom stereocenters. The Morgan fingerprint density at radius 3 is 1.92 bits per heavy atom. The number of rotatable bonds is 12. The molecule has 1 unspecified atom stereocenters. The molecule has 1 rings (SSSR count). The average molecular weight is 356 g/mol. The van der Waals surface area contributed by atoms with Crippen LogP contribution in [0.15, 0.2) is 24.3 Å². The monoisotopic (exact) mass is 356 g/mol. The van der Waals surface area contributed by atoms with Gasteiger partial charge in [0.2, 0.25) is 0 Å². The molecule has 1 aromatic carbocycles. The van der Waals surface area contributed by atoms with Crippen molar-refractivity contribution < 1.29 is 18.9 Å². The number of hydrogen-bond acceptors (Lipinski definition) is 2. The highest BCUT2D eigenvalue weighted by Gasteiger charge is 2.26. The first-order valence-electron chi connectivity index (χ1n) is 9.16. The van der Waals surface area contributed by atoms with Gasteiger partial charge in [0.15, 0.2) is 0 Å². The van der Waals surface area contributed by atoms with Gasteiger partial charge in [-0.3, -0.25) is 9.79 Å². The van der Waals surface area contributed by atoms with Crippen LogP contribution >= 0.6 is 7.82 Å². The van der Waals surface area contributed by atoms with Crippen LogP contribution in [-0.4, -0.2) is 9.79 Å². The normalized spacial score (nSPS) is 14.4. The number of unbranched alkanes of at least 4 members (excludes halogenated alkanes) is 5. The van der Waals surface area contributed by atoms with Gasteiger partial charge in [-0.15, -0.1) is 0 Å². The molecule has 24 heavy (non-hydrogen) atoms. The predicted octanol–water partition coefficient (Wildman–Crippen LogP) is 5.97. The van der Waals surface area contributed by atoms with Gasteiger partial charge in [-0.05, 0) is 36.0 Å². The lowest BCUT2D eigenvalue weighted by molar-refractivity contribution is 0.283. The van der Waals surface area contributed by atoms with Gasteiger partial charge in [-0.25, -0.2) is 4.57 Å². The molecule has 0 saturated heterocycles. The van der Waals surface area contributed by atoms with Crippen LogP contribution < -0.4 is 4.52 Å². The zero-order valence-electron chi connectivity index (χ0n) is 15.3. The van der Waals surface area contributed by atoms with Crippen molar-refractivity contribution in [2.75, 3.05) is 0 Å². The van der Waals surface area contributed by atoms with Crippen LogP contribution in [0.1, 0.15) is 84.1 Å². The lowest BCUT2D eigenvalue weighted by Crippen LogP contribution is -2.22. The Morgan fingerprint density at radius 2 is 1.42 bits per heavy atom. The highest BCUT2D eigenvalue weighted by Crippen LogP contribution is 2.40. The van der Waals surface area contributed by atoms with E-state index in [-0.39, 0.29) is 11.2 Å². The van der Waals surface area contributed by atoms with Crippen LogP contribution in [0.5, 0.6) is 5.75 Å². The molecule has 0 spiro atoms. The Kier molecular flexibility index (Phi) is 9.04. The highest BCUT2D eigenvalue weighted by molar-refractivity contribution is 7.46. The quantitative estimate of drug-likeness (QED) is 0.358. The van der Waals surface area contributed by atoms with E-state index >= 15 is 0 Å². The molecule has 4 nitrogen and oxygen atoms in total. The number of hydrogen-bond donors (Lipinski definition) is 2. The molecule has 0 fully saturated rings. The van der Waals surface area contributed by atoms with Crippen molar-refractivity contribution in [3.63, 3.8) is 0 Å². The van der Waals surface area contributed by atoms with Crippen LogP contribution in [0.4, 0.5) is 0 Å². The van der Waals surface area contributed by atoms with Crippen LogP contribution in [-0.2, 0) is 9.98 Å². The zero-order chi connectivity index (χ0) is 18.1. The van der Waals surface area contributed by atoms with E-state index < -0.39 is 7.82 Å². The fraction of sp³-hybridized carbons (Fsp3) is 0.684. The molecule has 0 saturated carbocycles. The highest BCUT2D eigenvalue weighted by atomic mass is 31.2. The van der Waals surface area contributed by atoms with Crippen molar-refractivity contribution in [1.29, 1.82) is 0 Å². The Morgan fingerprint density at radius 1 is 0.917 bits per heavy atom. The summed E-state index contributed by atoms with van der Waals surface area (Å²) in [5, 5.41) is 0. The Hall–Kier alpha value is -0.830. The van der Waals surface area contributed by atoms with Gasteiger partial charge >= 0.3 is 7.82 Å². The lowest BCUT2D eigenvalue weighted by Gasteiger charge is -2.31. The summed E-state index contributed by atoms with van der Waals surface area (Å²) >= 11 is 0. The van der Waals surface area contributed by atoms with E-state index in [1.165, 1.54) is 50.5 Å². The summed E-state index contributed by atoms with van der Waals surface area (Å²) in [6, 6.07) is 7.24. The molecule has 0 aliphatic rings. The molecular formula is C19H33O4P. The van der Waals surface area contributed by atoms with Crippen LogP contribution in [0.2, 0.25) is 0 Å². The minimum absolute atomic E-state index is 0.115. The van der Waals surface area contributed by atoms with Gasteiger partial charge in [0.1, 0.15) is 5.75 Å². The third kappa shape index (κ3) is 7.83. The van der Waals surface area contributed by atoms with E-state index in [9.17, 15) is 4.57 Å². The molecule has 1 aromatic rings. The summed E-state index contributed by atoms with van der Waals surface area (Å²) < 4.78 is 15.6. The first-order chi connectivity index (χ1) is 11.3. The number of phosphoric acid groups is 1. The Balaban J connectivity index is 2.81. The van der Waals surface area contributed by atoms with Crippen LogP contribution in [0, 0.1) is 0 Å². The second kappa shape index (κ2) is 10.2. The van der Waals surface area contributed by atoms with Gasteiger partial charge in [0, 0.05) is 0 Å². The van der Waals surface area contributed by atoms with Crippen LogP contribution in [0.3, 0.4) is 0 Å². The summed E-state index contributed by atoms with van der Waals surface area (Å²) in [4.78, 5) is 17.8. The fourth-order valence-electron chi connectivity index (χ4n) is 3.18. The van der Waals surface area contributed by atoms with Gasteiger partial charge in [-0.1, -0.05) is 77.8 Å². The van der Waals surface area contributed by atoms with Gasteiger partial charge in [-0.2, -0.15) is 0 Å². The minimum atomic E-state index is -4.49. The summed E-state index contributed by atoms with van der Waals surface area (Å²) in [7, 11) is -4.49. The summed E-state index contributed by atoms with van der Waals surface area (Å²) in [6.07, 6.45) is 10.9. The molecule has 2 N–H and O–H groups in total. The molecule has 0 radical (unpaired) electrons. The molecule has 0 aromatic heterocycles. The first-order valence-corrected chi connectivity index (χ1v) is 10.7. The summed E-state index contributed by atoms with van der Waals surface area (Å²) in [6.45, 7) is 6.75. The molecule has 0 bridgehead atoms. The lowest BCUT2D eigenvalue weighted by atomic mass is 9.74. The van der Waals surface area contributed by atoms with Crippen molar-refractivity contribution >= 4 is 7.82 Å². The van der Waals surface area contributed by atoms with E-state index in [1.807, 2.05) is 12.1 Å². The van der Waals surface area contributed by atoms with E-state index in [2.05, 4.69) is 25.3 Å². The predicted molar refractivity (Wildman–Crippen MR) is 99.4 cm³/mol. The van der Waals surface area contributed by atoms with Crippen molar-refractivity contribution in [2.45, 2.75) is 84.0 Å². The standard InChI is InChI=1S/C19H33O4P/c1-4-6-8-10-16-19(3,15-9-7-5-2)17-11-13-18(14-12-17)23-24(20,21)22/h11-14H,4-10,15-16H2,1-3H3,(H2,20,21,22). The third-order valence-corrected chi connectivity index (χ3v) is 5.14. The maximum absolute atomic E-state index is 10.9. The molecule has 138 valence electrons. The summed E-state index contributed by atoms with van der Waals surface area (Å²) in [5.41, 5.74) is 1.34. The Bertz CT molecular complexity index is 509. The zero-order valence-corrected chi connectivity index (χ0v) is 16.2. The van der Waals surface area contributed by atoms with Crippen molar-refractivity contribution in [1.82, 2.24) is 0 Å². The average Bonchev–Trinajstić information content (AvgIpc) is 2.51. The second-order valence-electron chi connectivity index (χ2n) is 6.93. The van der Waals surface area contributed by atoms with Gasteiger partial charge in [0.05, 0.1) is 0 Å². The largest absolute Gasteiger partial charge is 0.524 e. The summed E-state index contributed by atoms with van der Waals surface area (Å²) in [5.74, 6) is 0.217.